The van der Waals surface area contributed by atoms with E-state index in [-0.39, 0.29) is 5.69 Å². The van der Waals surface area contributed by atoms with Crippen LogP contribution in [0, 0.1) is 0 Å². The Bertz CT molecular complexity index is 471. The SMILES string of the molecule is CCn1c(-c2cccnc2)n[nH]c1=O. The van der Waals surface area contributed by atoms with E-state index in [2.05, 4.69) is 15.2 Å². The molecule has 72 valence electrons. The summed E-state index contributed by atoms with van der Waals surface area (Å²) in [5, 5.41) is 6.36. The van der Waals surface area contributed by atoms with Crippen molar-refractivity contribution in [3.63, 3.8) is 0 Å². The standard InChI is InChI=1S/C9H10N4O/c1-2-13-8(11-12-9(13)14)7-4-3-5-10-6-7/h3-6H,2H2,1H3,(H,12,14). The number of aromatic amines is 1. The molecule has 5 heteroatoms. The molecule has 0 radical (unpaired) electrons. The molecule has 0 aliphatic carbocycles. The van der Waals surface area contributed by atoms with Gasteiger partial charge in [0.25, 0.3) is 0 Å². The minimum absolute atomic E-state index is 0.189. The monoisotopic (exact) mass is 190 g/mol. The van der Waals surface area contributed by atoms with Crippen LogP contribution in [0.4, 0.5) is 0 Å². The molecule has 1 N–H and O–H groups in total. The molecular weight excluding hydrogens is 180 g/mol. The predicted molar refractivity (Wildman–Crippen MR) is 51.8 cm³/mol. The normalized spacial score (nSPS) is 10.4. The molecule has 2 aromatic heterocycles. The Kier molecular flexibility index (Phi) is 2.14. The van der Waals surface area contributed by atoms with Crippen molar-refractivity contribution in [1.82, 2.24) is 19.7 Å². The van der Waals surface area contributed by atoms with Crippen molar-refractivity contribution in [2.24, 2.45) is 0 Å². The molecule has 0 unspecified atom stereocenters. The molecule has 5 nitrogen and oxygen atoms in total. The molecule has 2 rings (SSSR count). The lowest BCUT2D eigenvalue weighted by atomic mass is 10.3. The zero-order valence-corrected chi connectivity index (χ0v) is 7.77. The third-order valence-corrected chi connectivity index (χ3v) is 1.99. The third-order valence-electron chi connectivity index (χ3n) is 1.99. The summed E-state index contributed by atoms with van der Waals surface area (Å²) in [6.45, 7) is 2.50. The summed E-state index contributed by atoms with van der Waals surface area (Å²) < 4.78 is 1.57. The summed E-state index contributed by atoms with van der Waals surface area (Å²) in [5.74, 6) is 0.630. The first kappa shape index (κ1) is 8.68. The second-order valence-corrected chi connectivity index (χ2v) is 2.84. The topological polar surface area (TPSA) is 63.6 Å². The summed E-state index contributed by atoms with van der Waals surface area (Å²) in [6, 6.07) is 3.68. The van der Waals surface area contributed by atoms with Gasteiger partial charge in [-0.2, -0.15) is 5.10 Å². The van der Waals surface area contributed by atoms with E-state index in [1.165, 1.54) is 0 Å². The van der Waals surface area contributed by atoms with Crippen molar-refractivity contribution >= 4 is 0 Å². The fourth-order valence-corrected chi connectivity index (χ4v) is 1.33. The summed E-state index contributed by atoms with van der Waals surface area (Å²) in [6.07, 6.45) is 3.37. The van der Waals surface area contributed by atoms with Crippen LogP contribution in [0.3, 0.4) is 0 Å². The van der Waals surface area contributed by atoms with E-state index in [9.17, 15) is 4.79 Å². The van der Waals surface area contributed by atoms with Crippen molar-refractivity contribution in [2.45, 2.75) is 13.5 Å². The van der Waals surface area contributed by atoms with Crippen LogP contribution < -0.4 is 5.69 Å². The van der Waals surface area contributed by atoms with Crippen molar-refractivity contribution < 1.29 is 0 Å². The van der Waals surface area contributed by atoms with Gasteiger partial charge in [0.15, 0.2) is 5.82 Å². The summed E-state index contributed by atoms with van der Waals surface area (Å²) in [4.78, 5) is 15.2. The highest BCUT2D eigenvalue weighted by Crippen LogP contribution is 2.12. The highest BCUT2D eigenvalue weighted by Gasteiger charge is 2.07. The number of H-pyrrole nitrogens is 1. The van der Waals surface area contributed by atoms with Crippen LogP contribution in [0.2, 0.25) is 0 Å². The van der Waals surface area contributed by atoms with Gasteiger partial charge in [-0.15, -0.1) is 0 Å². The van der Waals surface area contributed by atoms with Crippen LogP contribution in [0.25, 0.3) is 11.4 Å². The lowest BCUT2D eigenvalue weighted by molar-refractivity contribution is 0.736. The molecule has 0 aliphatic rings. The van der Waals surface area contributed by atoms with E-state index in [1.807, 2.05) is 19.1 Å². The molecule has 0 spiro atoms. The van der Waals surface area contributed by atoms with Crippen molar-refractivity contribution in [3.8, 4) is 11.4 Å². The first-order valence-corrected chi connectivity index (χ1v) is 4.38. The minimum atomic E-state index is -0.189. The van der Waals surface area contributed by atoms with Gasteiger partial charge in [0, 0.05) is 24.5 Å². The molecule has 0 aliphatic heterocycles. The molecule has 0 saturated carbocycles. The van der Waals surface area contributed by atoms with Gasteiger partial charge >= 0.3 is 5.69 Å². The molecule has 2 heterocycles. The Morgan fingerprint density at radius 2 is 2.43 bits per heavy atom. The highest BCUT2D eigenvalue weighted by molar-refractivity contribution is 5.52. The number of rotatable bonds is 2. The van der Waals surface area contributed by atoms with E-state index in [4.69, 9.17) is 0 Å². The number of hydrogen-bond donors (Lipinski definition) is 1. The average Bonchev–Trinajstić information content (AvgIpc) is 2.61. The van der Waals surface area contributed by atoms with Gasteiger partial charge in [0.1, 0.15) is 0 Å². The van der Waals surface area contributed by atoms with E-state index >= 15 is 0 Å². The van der Waals surface area contributed by atoms with Gasteiger partial charge in [-0.1, -0.05) is 0 Å². The maximum Gasteiger partial charge on any atom is 0.343 e. The van der Waals surface area contributed by atoms with Gasteiger partial charge < -0.3 is 0 Å². The molecular formula is C9H10N4O. The number of aromatic nitrogens is 4. The molecule has 0 bridgehead atoms. The number of hydrogen-bond acceptors (Lipinski definition) is 3. The number of nitrogens with one attached hydrogen (secondary N) is 1. The predicted octanol–water partition coefficient (Wildman–Crippen LogP) is 0.653. The Morgan fingerprint density at radius 3 is 3.07 bits per heavy atom. The Hall–Kier alpha value is -1.91. The van der Waals surface area contributed by atoms with Crippen LogP contribution in [0.1, 0.15) is 6.92 Å². The molecule has 0 atom stereocenters. The van der Waals surface area contributed by atoms with Crippen molar-refractivity contribution in [3.05, 3.63) is 35.0 Å². The maximum atomic E-state index is 11.3. The van der Waals surface area contributed by atoms with Crippen molar-refractivity contribution in [2.75, 3.05) is 0 Å². The Morgan fingerprint density at radius 1 is 1.57 bits per heavy atom. The lowest BCUT2D eigenvalue weighted by Gasteiger charge is -2.00. The summed E-state index contributed by atoms with van der Waals surface area (Å²) in [7, 11) is 0. The molecule has 0 saturated heterocycles. The lowest BCUT2D eigenvalue weighted by Crippen LogP contribution is -2.16. The van der Waals surface area contributed by atoms with Crippen LogP contribution in [0.5, 0.6) is 0 Å². The smallest absolute Gasteiger partial charge is 0.275 e. The summed E-state index contributed by atoms with van der Waals surface area (Å²) in [5.41, 5.74) is 0.652. The Balaban J connectivity index is 2.57. The Labute approximate surface area is 80.4 Å². The van der Waals surface area contributed by atoms with Gasteiger partial charge in [-0.25, -0.2) is 9.89 Å². The highest BCUT2D eigenvalue weighted by atomic mass is 16.1. The molecule has 0 amide bonds. The second kappa shape index (κ2) is 3.45. The van der Waals surface area contributed by atoms with Gasteiger partial charge in [0.05, 0.1) is 0 Å². The molecule has 2 aromatic rings. The van der Waals surface area contributed by atoms with Crippen molar-refractivity contribution in [1.29, 1.82) is 0 Å². The van der Waals surface area contributed by atoms with Gasteiger partial charge in [-0.05, 0) is 19.1 Å². The van der Waals surface area contributed by atoms with Gasteiger partial charge in [-0.3, -0.25) is 9.55 Å². The minimum Gasteiger partial charge on any atom is -0.275 e. The maximum absolute atomic E-state index is 11.3. The fraction of sp³-hybridized carbons (Fsp3) is 0.222. The quantitative estimate of drug-likeness (QED) is 0.756. The van der Waals surface area contributed by atoms with E-state index < -0.39 is 0 Å². The molecule has 14 heavy (non-hydrogen) atoms. The average molecular weight is 190 g/mol. The first-order chi connectivity index (χ1) is 6.83. The first-order valence-electron chi connectivity index (χ1n) is 4.38. The van der Waals surface area contributed by atoms with Crippen LogP contribution >= 0.6 is 0 Å². The number of nitrogens with zero attached hydrogens (tertiary/aromatic N) is 3. The van der Waals surface area contributed by atoms with Crippen LogP contribution in [0.15, 0.2) is 29.3 Å². The van der Waals surface area contributed by atoms with Crippen LogP contribution in [-0.2, 0) is 6.54 Å². The zero-order valence-electron chi connectivity index (χ0n) is 7.77. The van der Waals surface area contributed by atoms with Crippen LogP contribution in [-0.4, -0.2) is 19.7 Å². The molecule has 0 aromatic carbocycles. The second-order valence-electron chi connectivity index (χ2n) is 2.84. The third kappa shape index (κ3) is 1.32. The zero-order chi connectivity index (χ0) is 9.97. The largest absolute Gasteiger partial charge is 0.343 e. The van der Waals surface area contributed by atoms with E-state index in [0.29, 0.717) is 12.4 Å². The van der Waals surface area contributed by atoms with E-state index in [0.717, 1.165) is 5.56 Å². The number of pyridine rings is 1. The fourth-order valence-electron chi connectivity index (χ4n) is 1.33. The van der Waals surface area contributed by atoms with E-state index in [1.54, 1.807) is 17.0 Å². The molecule has 0 fully saturated rings. The summed E-state index contributed by atoms with van der Waals surface area (Å²) >= 11 is 0. The van der Waals surface area contributed by atoms with Gasteiger partial charge in [0.2, 0.25) is 0 Å².